The molecule has 1 N–H and O–H groups in total. The van der Waals surface area contributed by atoms with E-state index in [4.69, 9.17) is 0 Å². The second-order valence-corrected chi connectivity index (χ2v) is 5.59. The zero-order valence-corrected chi connectivity index (χ0v) is 11.6. The Hall–Kier alpha value is -2.24. The summed E-state index contributed by atoms with van der Waals surface area (Å²) in [4.78, 5) is 11.2. The zero-order valence-electron chi connectivity index (χ0n) is 11.6. The lowest BCUT2D eigenvalue weighted by Gasteiger charge is -2.20. The highest BCUT2D eigenvalue weighted by Gasteiger charge is 2.29. The number of nitrogens with zero attached hydrogens (tertiary/aromatic N) is 3. The molecule has 0 unspecified atom stereocenters. The van der Waals surface area contributed by atoms with Gasteiger partial charge in [0.05, 0.1) is 12.2 Å². The van der Waals surface area contributed by atoms with Crippen LogP contribution >= 0.6 is 0 Å². The largest absolute Gasteiger partial charge is 0.476 e. The molecule has 0 spiro atoms. The van der Waals surface area contributed by atoms with Crippen LogP contribution in [0.15, 0.2) is 24.3 Å². The Morgan fingerprint density at radius 1 is 1.35 bits per heavy atom. The number of carboxylic acid groups (broad SMARTS) is 1. The third kappa shape index (κ3) is 2.68. The summed E-state index contributed by atoms with van der Waals surface area (Å²) in [7, 11) is 0. The lowest BCUT2D eigenvalue weighted by Crippen LogP contribution is -2.22. The zero-order chi connectivity index (χ0) is 14.9. The normalized spacial score (nSPS) is 11.6. The number of hydrogen-bond donors (Lipinski definition) is 1. The van der Waals surface area contributed by atoms with E-state index in [9.17, 15) is 14.3 Å². The van der Waals surface area contributed by atoms with Gasteiger partial charge in [-0.05, 0) is 6.07 Å². The molecule has 0 saturated heterocycles. The first-order valence-corrected chi connectivity index (χ1v) is 6.21. The lowest BCUT2D eigenvalue weighted by atomic mass is 9.90. The molecule has 2 aromatic rings. The monoisotopic (exact) mass is 277 g/mol. The molecule has 106 valence electrons. The Bertz CT molecular complexity index is 644. The number of rotatable bonds is 3. The van der Waals surface area contributed by atoms with Crippen LogP contribution in [0.5, 0.6) is 0 Å². The van der Waals surface area contributed by atoms with Gasteiger partial charge in [0.2, 0.25) is 0 Å². The summed E-state index contributed by atoms with van der Waals surface area (Å²) in [5.41, 5.74) is 0.379. The van der Waals surface area contributed by atoms with Gasteiger partial charge in [-0.15, -0.1) is 5.10 Å². The standard InChI is InChI=1S/C14H16FN3O2/c1-14(2,3)12-11(13(19)20)16-17-18(12)8-9-6-4-5-7-10(9)15/h4-7H,8H2,1-3H3,(H,19,20). The minimum Gasteiger partial charge on any atom is -0.476 e. The van der Waals surface area contributed by atoms with Gasteiger partial charge in [-0.3, -0.25) is 0 Å². The minimum atomic E-state index is -1.13. The average Bonchev–Trinajstić information content (AvgIpc) is 2.76. The summed E-state index contributed by atoms with van der Waals surface area (Å²) in [5, 5.41) is 16.7. The van der Waals surface area contributed by atoms with Crippen LogP contribution in [0.3, 0.4) is 0 Å². The fraction of sp³-hybridized carbons (Fsp3) is 0.357. The smallest absolute Gasteiger partial charge is 0.358 e. The van der Waals surface area contributed by atoms with E-state index in [1.54, 1.807) is 18.2 Å². The van der Waals surface area contributed by atoms with Gasteiger partial charge in [-0.25, -0.2) is 13.9 Å². The van der Waals surface area contributed by atoms with Crippen LogP contribution in [0.1, 0.15) is 42.5 Å². The molecule has 1 aromatic heterocycles. The summed E-state index contributed by atoms with van der Waals surface area (Å²) >= 11 is 0. The Balaban J connectivity index is 2.48. The predicted octanol–water partition coefficient (Wildman–Crippen LogP) is 2.46. The number of benzene rings is 1. The van der Waals surface area contributed by atoms with Crippen LogP contribution in [-0.2, 0) is 12.0 Å². The molecule has 0 aliphatic carbocycles. The molecule has 0 bridgehead atoms. The van der Waals surface area contributed by atoms with Crippen LogP contribution in [0.2, 0.25) is 0 Å². The molecule has 1 heterocycles. The third-order valence-electron chi connectivity index (χ3n) is 2.93. The van der Waals surface area contributed by atoms with Crippen LogP contribution in [0.25, 0.3) is 0 Å². The highest BCUT2D eigenvalue weighted by molar-refractivity contribution is 5.86. The first kappa shape index (κ1) is 14.2. The molecule has 0 amide bonds. The van der Waals surface area contributed by atoms with Gasteiger partial charge >= 0.3 is 5.97 Å². The van der Waals surface area contributed by atoms with Crippen molar-refractivity contribution in [3.63, 3.8) is 0 Å². The van der Waals surface area contributed by atoms with Gasteiger partial charge in [-0.2, -0.15) is 0 Å². The maximum Gasteiger partial charge on any atom is 0.358 e. The van der Waals surface area contributed by atoms with Crippen molar-refractivity contribution in [2.24, 2.45) is 0 Å². The Kier molecular flexibility index (Phi) is 3.57. The number of hydrogen-bond acceptors (Lipinski definition) is 3. The number of aromatic nitrogens is 3. The molecule has 0 saturated carbocycles. The fourth-order valence-electron chi connectivity index (χ4n) is 2.10. The van der Waals surface area contributed by atoms with E-state index in [2.05, 4.69) is 10.3 Å². The molecule has 0 radical (unpaired) electrons. The van der Waals surface area contributed by atoms with Gasteiger partial charge in [0.1, 0.15) is 5.82 Å². The maximum absolute atomic E-state index is 13.7. The molecule has 5 nitrogen and oxygen atoms in total. The van der Waals surface area contributed by atoms with Crippen molar-refractivity contribution in [3.05, 3.63) is 47.0 Å². The molecular formula is C14H16FN3O2. The van der Waals surface area contributed by atoms with Crippen LogP contribution in [-0.4, -0.2) is 26.1 Å². The van der Waals surface area contributed by atoms with E-state index in [0.29, 0.717) is 11.3 Å². The van der Waals surface area contributed by atoms with E-state index < -0.39 is 11.4 Å². The van der Waals surface area contributed by atoms with Gasteiger partial charge in [-0.1, -0.05) is 44.2 Å². The van der Waals surface area contributed by atoms with Crippen LogP contribution in [0, 0.1) is 5.82 Å². The number of halogens is 1. The summed E-state index contributed by atoms with van der Waals surface area (Å²) in [6, 6.07) is 6.34. The fourth-order valence-corrected chi connectivity index (χ4v) is 2.10. The number of carboxylic acids is 1. The highest BCUT2D eigenvalue weighted by Crippen LogP contribution is 2.25. The molecule has 1 aromatic carbocycles. The molecule has 2 rings (SSSR count). The molecule has 0 aliphatic rings. The molecule has 0 fully saturated rings. The van der Waals surface area contributed by atoms with Crippen molar-refractivity contribution >= 4 is 5.97 Å². The van der Waals surface area contributed by atoms with E-state index >= 15 is 0 Å². The third-order valence-corrected chi connectivity index (χ3v) is 2.93. The minimum absolute atomic E-state index is 0.0890. The Morgan fingerprint density at radius 2 is 2.00 bits per heavy atom. The second-order valence-electron chi connectivity index (χ2n) is 5.59. The van der Waals surface area contributed by atoms with Crippen molar-refractivity contribution in [1.82, 2.24) is 15.0 Å². The molecule has 0 aliphatic heterocycles. The summed E-state index contributed by atoms with van der Waals surface area (Å²) in [6.45, 7) is 5.77. The van der Waals surface area contributed by atoms with Crippen LogP contribution < -0.4 is 0 Å². The SMILES string of the molecule is CC(C)(C)c1c(C(=O)O)nnn1Cc1ccccc1F. The van der Waals surface area contributed by atoms with Crippen molar-refractivity contribution in [1.29, 1.82) is 0 Å². The van der Waals surface area contributed by atoms with Gasteiger partial charge in [0.25, 0.3) is 0 Å². The van der Waals surface area contributed by atoms with Crippen molar-refractivity contribution in [2.45, 2.75) is 32.7 Å². The molecular weight excluding hydrogens is 261 g/mol. The number of carbonyl (C=O) groups is 1. The summed E-state index contributed by atoms with van der Waals surface area (Å²) < 4.78 is 15.1. The molecule has 0 atom stereocenters. The Labute approximate surface area is 116 Å². The highest BCUT2D eigenvalue weighted by atomic mass is 19.1. The predicted molar refractivity (Wildman–Crippen MR) is 71.2 cm³/mol. The van der Waals surface area contributed by atoms with E-state index in [1.165, 1.54) is 10.7 Å². The van der Waals surface area contributed by atoms with E-state index in [1.807, 2.05) is 20.8 Å². The van der Waals surface area contributed by atoms with E-state index in [0.717, 1.165) is 0 Å². The molecule has 6 heteroatoms. The van der Waals surface area contributed by atoms with Crippen molar-refractivity contribution in [3.8, 4) is 0 Å². The summed E-state index contributed by atoms with van der Waals surface area (Å²) in [6.07, 6.45) is 0. The van der Waals surface area contributed by atoms with E-state index in [-0.39, 0.29) is 18.1 Å². The Morgan fingerprint density at radius 3 is 2.55 bits per heavy atom. The topological polar surface area (TPSA) is 68.0 Å². The quantitative estimate of drug-likeness (QED) is 0.935. The summed E-state index contributed by atoms with van der Waals surface area (Å²) in [5.74, 6) is -1.48. The number of aromatic carboxylic acids is 1. The first-order chi connectivity index (χ1) is 9.30. The molecule has 20 heavy (non-hydrogen) atoms. The average molecular weight is 277 g/mol. The maximum atomic E-state index is 13.7. The first-order valence-electron chi connectivity index (χ1n) is 6.21. The van der Waals surface area contributed by atoms with Gasteiger partial charge in [0, 0.05) is 11.0 Å². The van der Waals surface area contributed by atoms with Gasteiger partial charge < -0.3 is 5.11 Å². The van der Waals surface area contributed by atoms with Crippen LogP contribution in [0.4, 0.5) is 4.39 Å². The lowest BCUT2D eigenvalue weighted by molar-refractivity contribution is 0.0687. The van der Waals surface area contributed by atoms with Gasteiger partial charge in [0.15, 0.2) is 5.69 Å². The van der Waals surface area contributed by atoms with Crippen molar-refractivity contribution in [2.75, 3.05) is 0 Å². The second kappa shape index (κ2) is 5.03. The van der Waals surface area contributed by atoms with Crippen molar-refractivity contribution < 1.29 is 14.3 Å².